The van der Waals surface area contributed by atoms with Crippen LogP contribution in [0.1, 0.15) is 48.9 Å². The van der Waals surface area contributed by atoms with Crippen LogP contribution in [0.4, 0.5) is 4.39 Å². The molecule has 1 aliphatic carbocycles. The Labute approximate surface area is 210 Å². The molecule has 4 rings (SSSR count). The molecule has 0 spiro atoms. The maximum Gasteiger partial charge on any atom is 0.251 e. The van der Waals surface area contributed by atoms with Gasteiger partial charge >= 0.3 is 0 Å². The molecule has 3 atom stereocenters. The Balaban J connectivity index is 1.39. The Bertz CT molecular complexity index is 1160. The highest BCUT2D eigenvalue weighted by Crippen LogP contribution is 2.26. The number of carbonyl (C=O) groups is 2. The summed E-state index contributed by atoms with van der Waals surface area (Å²) in [5, 5.41) is 6.50. The zero-order valence-electron chi connectivity index (χ0n) is 19.3. The van der Waals surface area contributed by atoms with Crippen LogP contribution in [0, 0.1) is 11.7 Å². The quantitative estimate of drug-likeness (QED) is 0.605. The van der Waals surface area contributed by atoms with Crippen molar-refractivity contribution in [3.8, 4) is 0 Å². The number of piperidine rings is 1. The number of carbonyl (C=O) groups excluding carboxylic acids is 2. The summed E-state index contributed by atoms with van der Waals surface area (Å²) in [7, 11) is -3.73. The van der Waals surface area contributed by atoms with Gasteiger partial charge < -0.3 is 10.6 Å². The van der Waals surface area contributed by atoms with E-state index in [1.165, 1.54) is 52.8 Å². The maximum absolute atomic E-state index is 13.2. The van der Waals surface area contributed by atoms with Gasteiger partial charge in [-0.25, -0.2) is 12.8 Å². The molecule has 2 N–H and O–H groups in total. The minimum atomic E-state index is -3.73. The minimum Gasteiger partial charge on any atom is -0.351 e. The number of amides is 2. The van der Waals surface area contributed by atoms with Crippen LogP contribution in [0.15, 0.2) is 53.4 Å². The van der Waals surface area contributed by atoms with E-state index in [1.54, 1.807) is 0 Å². The zero-order chi connectivity index (χ0) is 25.0. The van der Waals surface area contributed by atoms with E-state index in [2.05, 4.69) is 10.6 Å². The van der Waals surface area contributed by atoms with Crippen LogP contribution in [-0.2, 0) is 14.8 Å². The molecule has 0 aromatic heterocycles. The van der Waals surface area contributed by atoms with Gasteiger partial charge in [-0.05, 0) is 74.2 Å². The maximum atomic E-state index is 13.2. The lowest BCUT2D eigenvalue weighted by molar-refractivity contribution is -0.127. The fourth-order valence-corrected chi connectivity index (χ4v) is 6.41. The highest BCUT2D eigenvalue weighted by atomic mass is 35.5. The van der Waals surface area contributed by atoms with Crippen molar-refractivity contribution in [2.45, 2.75) is 55.5 Å². The summed E-state index contributed by atoms with van der Waals surface area (Å²) in [6, 6.07) is 10.8. The number of sulfonamides is 1. The first-order chi connectivity index (χ1) is 16.7. The standard InChI is InChI=1S/C25H29ClFN3O4S/c26-19-9-13-21(14-10-19)35(33,34)30-15-3-4-18(16-30)25(32)29-23-6-2-1-5-22(23)28-24(31)17-7-11-20(27)12-8-17/h7-14,18,22-23H,1-6,15-16H2,(H,28,31)(H,29,32)/t18-,22-,23-/m1/s1. The number of nitrogens with one attached hydrogen (secondary N) is 2. The molecule has 2 aromatic carbocycles. The van der Waals surface area contributed by atoms with E-state index < -0.39 is 21.8 Å². The molecule has 2 fully saturated rings. The normalized spacial score (nSPS) is 23.4. The molecular formula is C25H29ClFN3O4S. The molecule has 0 radical (unpaired) electrons. The van der Waals surface area contributed by atoms with Crippen LogP contribution in [0.5, 0.6) is 0 Å². The van der Waals surface area contributed by atoms with E-state index in [0.29, 0.717) is 30.0 Å². The van der Waals surface area contributed by atoms with Gasteiger partial charge in [0.25, 0.3) is 5.91 Å². The largest absolute Gasteiger partial charge is 0.351 e. The number of halogens is 2. The molecule has 10 heteroatoms. The second-order valence-corrected chi connectivity index (χ2v) is 11.5. The second-order valence-electron chi connectivity index (χ2n) is 9.14. The molecule has 2 aromatic rings. The molecule has 1 aliphatic heterocycles. The summed E-state index contributed by atoms with van der Waals surface area (Å²) in [5.74, 6) is -1.40. The van der Waals surface area contributed by atoms with Crippen LogP contribution >= 0.6 is 11.6 Å². The molecule has 1 saturated heterocycles. The van der Waals surface area contributed by atoms with Crippen molar-refractivity contribution in [1.82, 2.24) is 14.9 Å². The molecule has 1 heterocycles. The van der Waals surface area contributed by atoms with Gasteiger partial charge in [-0.15, -0.1) is 0 Å². The average Bonchev–Trinajstić information content (AvgIpc) is 2.86. The lowest BCUT2D eigenvalue weighted by Gasteiger charge is -2.36. The van der Waals surface area contributed by atoms with Crippen LogP contribution in [0.3, 0.4) is 0 Å². The van der Waals surface area contributed by atoms with Crippen LogP contribution in [0.25, 0.3) is 0 Å². The lowest BCUT2D eigenvalue weighted by atomic mass is 9.89. The Morgan fingerprint density at radius 2 is 1.51 bits per heavy atom. The predicted molar refractivity (Wildman–Crippen MR) is 131 cm³/mol. The molecule has 2 amide bonds. The summed E-state index contributed by atoms with van der Waals surface area (Å²) in [4.78, 5) is 25.9. The third kappa shape index (κ3) is 6.20. The highest BCUT2D eigenvalue weighted by molar-refractivity contribution is 7.89. The van der Waals surface area contributed by atoms with Crippen molar-refractivity contribution in [2.75, 3.05) is 13.1 Å². The Kier molecular flexibility index (Phi) is 8.09. The van der Waals surface area contributed by atoms with Crippen LogP contribution < -0.4 is 10.6 Å². The van der Waals surface area contributed by atoms with E-state index in [9.17, 15) is 22.4 Å². The van der Waals surface area contributed by atoms with E-state index in [0.717, 1.165) is 25.7 Å². The van der Waals surface area contributed by atoms with Crippen molar-refractivity contribution < 1.29 is 22.4 Å². The Hall–Kier alpha value is -2.49. The number of benzene rings is 2. The van der Waals surface area contributed by atoms with Crippen molar-refractivity contribution in [3.63, 3.8) is 0 Å². The molecular weight excluding hydrogens is 493 g/mol. The molecule has 2 aliphatic rings. The molecule has 35 heavy (non-hydrogen) atoms. The minimum absolute atomic E-state index is 0.107. The molecule has 0 unspecified atom stereocenters. The summed E-state index contributed by atoms with van der Waals surface area (Å²) < 4.78 is 40.7. The average molecular weight is 522 g/mol. The first-order valence-corrected chi connectivity index (χ1v) is 13.7. The first-order valence-electron chi connectivity index (χ1n) is 11.9. The van der Waals surface area contributed by atoms with E-state index in [4.69, 9.17) is 11.6 Å². The third-order valence-electron chi connectivity index (χ3n) is 6.72. The topological polar surface area (TPSA) is 95.6 Å². The van der Waals surface area contributed by atoms with Gasteiger partial charge in [0, 0.05) is 35.8 Å². The highest BCUT2D eigenvalue weighted by Gasteiger charge is 2.35. The monoisotopic (exact) mass is 521 g/mol. The number of hydrogen-bond acceptors (Lipinski definition) is 4. The smallest absolute Gasteiger partial charge is 0.251 e. The number of nitrogens with zero attached hydrogens (tertiary/aromatic N) is 1. The van der Waals surface area contributed by atoms with E-state index in [1.807, 2.05) is 0 Å². The van der Waals surface area contributed by atoms with Crippen molar-refractivity contribution in [2.24, 2.45) is 5.92 Å². The molecule has 0 bridgehead atoms. The van der Waals surface area contributed by atoms with Gasteiger partial charge in [0.15, 0.2) is 0 Å². The van der Waals surface area contributed by atoms with Gasteiger partial charge in [0.1, 0.15) is 5.82 Å². The molecule has 1 saturated carbocycles. The van der Waals surface area contributed by atoms with Gasteiger partial charge in [0.05, 0.1) is 10.8 Å². The Morgan fingerprint density at radius 3 is 2.17 bits per heavy atom. The predicted octanol–water partition coefficient (Wildman–Crippen LogP) is 3.74. The summed E-state index contributed by atoms with van der Waals surface area (Å²) in [6.45, 7) is 0.463. The number of hydrogen-bond donors (Lipinski definition) is 2. The Morgan fingerprint density at radius 1 is 0.886 bits per heavy atom. The third-order valence-corrected chi connectivity index (χ3v) is 8.85. The first kappa shape index (κ1) is 25.6. The fraction of sp³-hybridized carbons (Fsp3) is 0.440. The molecule has 188 valence electrons. The summed E-state index contributed by atoms with van der Waals surface area (Å²) in [5.41, 5.74) is 0.359. The number of rotatable bonds is 6. The van der Waals surface area contributed by atoms with Crippen LogP contribution in [0.2, 0.25) is 5.02 Å². The van der Waals surface area contributed by atoms with E-state index in [-0.39, 0.29) is 35.3 Å². The van der Waals surface area contributed by atoms with Crippen molar-refractivity contribution in [3.05, 3.63) is 64.9 Å². The summed E-state index contributed by atoms with van der Waals surface area (Å²) in [6.07, 6.45) is 4.48. The fourth-order valence-electron chi connectivity index (χ4n) is 4.76. The molecule has 7 nitrogen and oxygen atoms in total. The van der Waals surface area contributed by atoms with Crippen molar-refractivity contribution in [1.29, 1.82) is 0 Å². The van der Waals surface area contributed by atoms with Gasteiger partial charge in [-0.2, -0.15) is 4.31 Å². The van der Waals surface area contributed by atoms with Crippen molar-refractivity contribution >= 4 is 33.4 Å². The van der Waals surface area contributed by atoms with E-state index >= 15 is 0 Å². The zero-order valence-corrected chi connectivity index (χ0v) is 20.8. The van der Waals surface area contributed by atoms with Gasteiger partial charge in [-0.3, -0.25) is 9.59 Å². The SMILES string of the molecule is O=C(N[C@@H]1CCCC[C@H]1NC(=O)[C@@H]1CCCN(S(=O)(=O)c2ccc(Cl)cc2)C1)c1ccc(F)cc1. The lowest BCUT2D eigenvalue weighted by Crippen LogP contribution is -2.55. The summed E-state index contributed by atoms with van der Waals surface area (Å²) >= 11 is 5.89. The second kappa shape index (κ2) is 11.1. The van der Waals surface area contributed by atoms with Gasteiger partial charge in [-0.1, -0.05) is 24.4 Å². The van der Waals surface area contributed by atoms with Crippen LogP contribution in [-0.4, -0.2) is 49.7 Å². The van der Waals surface area contributed by atoms with Gasteiger partial charge in [0.2, 0.25) is 15.9 Å².